The summed E-state index contributed by atoms with van der Waals surface area (Å²) < 4.78 is 10.6. The van der Waals surface area contributed by atoms with Crippen LogP contribution in [-0.2, 0) is 16.1 Å². The number of carboxylic acid groups (broad SMARTS) is 1. The summed E-state index contributed by atoms with van der Waals surface area (Å²) in [5, 5.41) is 9.34. The van der Waals surface area contributed by atoms with Gasteiger partial charge in [0.25, 0.3) is 0 Å². The Morgan fingerprint density at radius 2 is 1.96 bits per heavy atom. The van der Waals surface area contributed by atoms with Crippen molar-refractivity contribution < 1.29 is 24.2 Å². The number of carbonyl (C=O) groups excluding carboxylic acids is 1. The van der Waals surface area contributed by atoms with E-state index in [-0.39, 0.29) is 6.42 Å². The number of carboxylic acids is 1. The molecule has 144 valence electrons. The first-order chi connectivity index (χ1) is 12.0. The van der Waals surface area contributed by atoms with Crippen LogP contribution in [0.15, 0.2) is 24.3 Å². The summed E-state index contributed by atoms with van der Waals surface area (Å²) in [5.41, 5.74) is -0.159. The molecule has 0 radical (unpaired) electrons. The number of aliphatic carboxylic acids is 1. The van der Waals surface area contributed by atoms with Crippen LogP contribution in [0.5, 0.6) is 5.75 Å². The first kappa shape index (κ1) is 20.0. The summed E-state index contributed by atoms with van der Waals surface area (Å²) in [6.07, 6.45) is -0.444. The van der Waals surface area contributed by atoms with E-state index in [1.165, 1.54) is 0 Å². The van der Waals surface area contributed by atoms with Gasteiger partial charge in [-0.1, -0.05) is 12.1 Å². The SMILES string of the molecule is COc1cccc(CN(C)C2(CC(=O)O)CN(C(=O)OC(C)(C)C)C2)c1. The van der Waals surface area contributed by atoms with Crippen LogP contribution < -0.4 is 4.74 Å². The van der Waals surface area contributed by atoms with Crippen molar-refractivity contribution in [3.63, 3.8) is 0 Å². The smallest absolute Gasteiger partial charge is 0.410 e. The molecule has 1 saturated heterocycles. The molecule has 1 N–H and O–H groups in total. The number of likely N-dealkylation sites (N-methyl/N-ethyl adjacent to an activating group) is 1. The summed E-state index contributed by atoms with van der Waals surface area (Å²) in [4.78, 5) is 27.1. The fraction of sp³-hybridized carbons (Fsp3) is 0.579. The largest absolute Gasteiger partial charge is 0.497 e. The van der Waals surface area contributed by atoms with Crippen LogP contribution in [0.25, 0.3) is 0 Å². The third-order valence-corrected chi connectivity index (χ3v) is 4.47. The van der Waals surface area contributed by atoms with E-state index in [0.29, 0.717) is 19.6 Å². The quantitative estimate of drug-likeness (QED) is 0.836. The standard InChI is InChI=1S/C19H28N2O5/c1-18(2,3)26-17(24)21-12-19(13-21,10-16(22)23)20(4)11-14-7-6-8-15(9-14)25-5/h6-9H,10-13H2,1-5H3,(H,22,23). The molecule has 1 fully saturated rings. The molecule has 0 bridgehead atoms. The van der Waals surface area contributed by atoms with E-state index in [0.717, 1.165) is 11.3 Å². The van der Waals surface area contributed by atoms with Crippen molar-refractivity contribution in [2.24, 2.45) is 0 Å². The van der Waals surface area contributed by atoms with E-state index in [1.54, 1.807) is 12.0 Å². The number of amides is 1. The number of hydrogen-bond donors (Lipinski definition) is 1. The summed E-state index contributed by atoms with van der Waals surface area (Å²) in [6, 6.07) is 7.66. The third-order valence-electron chi connectivity index (χ3n) is 4.47. The molecule has 2 rings (SSSR count). The second kappa shape index (κ2) is 7.53. The minimum atomic E-state index is -0.883. The number of benzene rings is 1. The summed E-state index contributed by atoms with van der Waals surface area (Å²) in [6.45, 7) is 6.65. The second-order valence-electron chi connectivity index (χ2n) is 7.84. The van der Waals surface area contributed by atoms with Crippen molar-refractivity contribution in [1.29, 1.82) is 0 Å². The van der Waals surface area contributed by atoms with E-state index in [4.69, 9.17) is 9.47 Å². The van der Waals surface area contributed by atoms with Gasteiger partial charge in [-0.15, -0.1) is 0 Å². The van der Waals surface area contributed by atoms with Gasteiger partial charge in [0.05, 0.1) is 19.1 Å². The zero-order chi connectivity index (χ0) is 19.5. The number of nitrogens with zero attached hydrogens (tertiary/aromatic N) is 2. The van der Waals surface area contributed by atoms with E-state index < -0.39 is 23.2 Å². The van der Waals surface area contributed by atoms with Crippen molar-refractivity contribution in [2.75, 3.05) is 27.2 Å². The van der Waals surface area contributed by atoms with E-state index in [1.807, 2.05) is 57.0 Å². The van der Waals surface area contributed by atoms with Gasteiger partial charge in [0.15, 0.2) is 0 Å². The molecule has 0 aliphatic carbocycles. The molecule has 1 aromatic rings. The van der Waals surface area contributed by atoms with Gasteiger partial charge in [-0.05, 0) is 45.5 Å². The Labute approximate surface area is 154 Å². The zero-order valence-electron chi connectivity index (χ0n) is 16.1. The lowest BCUT2D eigenvalue weighted by atomic mass is 9.84. The lowest BCUT2D eigenvalue weighted by Gasteiger charge is -2.54. The van der Waals surface area contributed by atoms with Gasteiger partial charge in [-0.3, -0.25) is 9.69 Å². The molecule has 1 aliphatic rings. The molecule has 1 aromatic carbocycles. The zero-order valence-corrected chi connectivity index (χ0v) is 16.1. The minimum absolute atomic E-state index is 0.0350. The molecule has 0 saturated carbocycles. The van der Waals surface area contributed by atoms with Crippen LogP contribution in [0, 0.1) is 0 Å². The van der Waals surface area contributed by atoms with Crippen molar-refractivity contribution in [3.8, 4) is 5.75 Å². The van der Waals surface area contributed by atoms with Crippen LogP contribution >= 0.6 is 0 Å². The lowest BCUT2D eigenvalue weighted by Crippen LogP contribution is -2.71. The lowest BCUT2D eigenvalue weighted by molar-refractivity contribution is -0.145. The monoisotopic (exact) mass is 364 g/mol. The van der Waals surface area contributed by atoms with Gasteiger partial charge in [0.1, 0.15) is 11.4 Å². The molecule has 7 heteroatoms. The predicted molar refractivity (Wildman–Crippen MR) is 97.3 cm³/mol. The molecular formula is C19H28N2O5. The van der Waals surface area contributed by atoms with Crippen LogP contribution in [0.2, 0.25) is 0 Å². The van der Waals surface area contributed by atoms with Crippen molar-refractivity contribution in [2.45, 2.75) is 44.9 Å². The highest BCUT2D eigenvalue weighted by atomic mass is 16.6. The summed E-state index contributed by atoms with van der Waals surface area (Å²) >= 11 is 0. The molecule has 7 nitrogen and oxygen atoms in total. The Kier molecular flexibility index (Phi) is 5.81. The van der Waals surface area contributed by atoms with Gasteiger partial charge in [0.2, 0.25) is 0 Å². The van der Waals surface area contributed by atoms with Crippen molar-refractivity contribution in [3.05, 3.63) is 29.8 Å². The predicted octanol–water partition coefficient (Wildman–Crippen LogP) is 2.59. The fourth-order valence-electron chi connectivity index (χ4n) is 3.10. The number of carbonyl (C=O) groups is 2. The molecule has 0 atom stereocenters. The third kappa shape index (κ3) is 4.88. The molecule has 1 heterocycles. The number of methoxy groups -OCH3 is 1. The van der Waals surface area contributed by atoms with Crippen molar-refractivity contribution >= 4 is 12.1 Å². The molecule has 1 aliphatic heterocycles. The fourth-order valence-corrected chi connectivity index (χ4v) is 3.10. The number of ether oxygens (including phenoxy) is 2. The van der Waals surface area contributed by atoms with Crippen LogP contribution in [0.1, 0.15) is 32.8 Å². The molecule has 0 spiro atoms. The Morgan fingerprint density at radius 1 is 1.31 bits per heavy atom. The molecular weight excluding hydrogens is 336 g/mol. The number of hydrogen-bond acceptors (Lipinski definition) is 5. The first-order valence-electron chi connectivity index (χ1n) is 8.58. The van der Waals surface area contributed by atoms with Crippen LogP contribution in [0.4, 0.5) is 4.79 Å². The normalized spacial score (nSPS) is 16.2. The van der Waals surface area contributed by atoms with Gasteiger partial charge < -0.3 is 19.5 Å². The highest BCUT2D eigenvalue weighted by Crippen LogP contribution is 2.33. The van der Waals surface area contributed by atoms with E-state index >= 15 is 0 Å². The molecule has 1 amide bonds. The Bertz CT molecular complexity index is 662. The number of rotatable bonds is 6. The summed E-state index contributed by atoms with van der Waals surface area (Å²) in [7, 11) is 3.49. The first-order valence-corrected chi connectivity index (χ1v) is 8.58. The average Bonchev–Trinajstić information content (AvgIpc) is 2.48. The molecule has 26 heavy (non-hydrogen) atoms. The minimum Gasteiger partial charge on any atom is -0.497 e. The van der Waals surface area contributed by atoms with E-state index in [2.05, 4.69) is 0 Å². The highest BCUT2D eigenvalue weighted by Gasteiger charge is 2.50. The van der Waals surface area contributed by atoms with Crippen LogP contribution in [0.3, 0.4) is 0 Å². The maximum Gasteiger partial charge on any atom is 0.410 e. The Hall–Kier alpha value is -2.28. The topological polar surface area (TPSA) is 79.3 Å². The number of likely N-dealkylation sites (tertiary alicyclic amines) is 1. The van der Waals surface area contributed by atoms with Crippen LogP contribution in [-0.4, -0.2) is 65.4 Å². The second-order valence-corrected chi connectivity index (χ2v) is 7.84. The summed E-state index contributed by atoms with van der Waals surface area (Å²) in [5.74, 6) is -0.126. The van der Waals surface area contributed by atoms with Crippen molar-refractivity contribution in [1.82, 2.24) is 9.80 Å². The maximum absolute atomic E-state index is 12.2. The Balaban J connectivity index is 2.08. The average molecular weight is 364 g/mol. The maximum atomic E-state index is 12.2. The van der Waals surface area contributed by atoms with Gasteiger partial charge in [-0.2, -0.15) is 0 Å². The molecule has 0 unspecified atom stereocenters. The van der Waals surface area contributed by atoms with Gasteiger partial charge in [0, 0.05) is 19.6 Å². The molecule has 0 aromatic heterocycles. The van der Waals surface area contributed by atoms with E-state index in [9.17, 15) is 14.7 Å². The Morgan fingerprint density at radius 3 is 2.50 bits per heavy atom. The van der Waals surface area contributed by atoms with Gasteiger partial charge >= 0.3 is 12.1 Å². The van der Waals surface area contributed by atoms with Gasteiger partial charge in [-0.25, -0.2) is 4.79 Å². The highest BCUT2D eigenvalue weighted by molar-refractivity contribution is 5.73.